The maximum atomic E-state index is 12.7. The molecule has 26 heavy (non-hydrogen) atoms. The molecule has 2 heterocycles. The van der Waals surface area contributed by atoms with Gasteiger partial charge in [0.2, 0.25) is 0 Å². The number of aliphatic hydroxyl groups is 1. The highest BCUT2D eigenvalue weighted by Gasteiger charge is 2.38. The third kappa shape index (κ3) is 4.17. The lowest BCUT2D eigenvalue weighted by atomic mass is 10.0. The van der Waals surface area contributed by atoms with Crippen molar-refractivity contribution in [1.29, 1.82) is 0 Å². The first-order valence-corrected chi connectivity index (χ1v) is 8.57. The predicted molar refractivity (Wildman–Crippen MR) is 97.9 cm³/mol. The minimum absolute atomic E-state index is 0.116. The fraction of sp³-hybridized carbons (Fsp3) is 0.421. The maximum absolute atomic E-state index is 12.7. The van der Waals surface area contributed by atoms with E-state index < -0.39 is 5.60 Å². The molecule has 1 aromatic carbocycles. The number of methoxy groups -OCH3 is 1. The van der Waals surface area contributed by atoms with Crippen molar-refractivity contribution in [3.8, 4) is 0 Å². The Balaban J connectivity index is 1.64. The van der Waals surface area contributed by atoms with Crippen LogP contribution in [0.2, 0.25) is 0 Å². The second-order valence-corrected chi connectivity index (χ2v) is 6.75. The fourth-order valence-electron chi connectivity index (χ4n) is 3.33. The zero-order valence-electron chi connectivity index (χ0n) is 15.1. The molecule has 3 rings (SSSR count). The van der Waals surface area contributed by atoms with E-state index in [1.165, 1.54) is 0 Å². The number of β-amino-alcohol motifs (C(OH)–C–C–N with tert-alkyl or cyclic N) is 1. The second-order valence-electron chi connectivity index (χ2n) is 6.75. The highest BCUT2D eigenvalue weighted by molar-refractivity contribution is 5.94. The van der Waals surface area contributed by atoms with Gasteiger partial charge in [-0.3, -0.25) is 9.78 Å². The van der Waals surface area contributed by atoms with Gasteiger partial charge in [-0.1, -0.05) is 12.1 Å². The molecule has 1 amide bonds. The van der Waals surface area contributed by atoms with Gasteiger partial charge in [0.1, 0.15) is 11.4 Å². The summed E-state index contributed by atoms with van der Waals surface area (Å²) in [6.45, 7) is 1.83. The van der Waals surface area contributed by atoms with Crippen LogP contribution in [-0.2, 0) is 11.3 Å². The van der Waals surface area contributed by atoms with E-state index in [9.17, 15) is 9.90 Å². The molecule has 1 saturated heterocycles. The lowest BCUT2D eigenvalue weighted by Gasteiger charge is -2.29. The number of anilines is 1. The van der Waals surface area contributed by atoms with Crippen LogP contribution in [0.5, 0.6) is 0 Å². The molecule has 0 saturated carbocycles. The zero-order valence-corrected chi connectivity index (χ0v) is 15.1. The van der Waals surface area contributed by atoms with E-state index in [2.05, 4.69) is 9.97 Å². The van der Waals surface area contributed by atoms with Crippen molar-refractivity contribution in [2.45, 2.75) is 18.6 Å². The molecular formula is C19H24N4O3. The van der Waals surface area contributed by atoms with Crippen LogP contribution >= 0.6 is 0 Å². The van der Waals surface area contributed by atoms with Crippen LogP contribution in [0.4, 0.5) is 5.82 Å². The van der Waals surface area contributed by atoms with Gasteiger partial charge in [-0.25, -0.2) is 4.98 Å². The summed E-state index contributed by atoms with van der Waals surface area (Å²) in [7, 11) is 3.34. The van der Waals surface area contributed by atoms with Crippen LogP contribution in [0, 0.1) is 0 Å². The molecule has 1 aliphatic heterocycles. The highest BCUT2D eigenvalue weighted by Crippen LogP contribution is 2.26. The van der Waals surface area contributed by atoms with E-state index in [1.54, 1.807) is 43.7 Å². The molecule has 1 atom stereocenters. The molecule has 1 aromatic heterocycles. The van der Waals surface area contributed by atoms with Gasteiger partial charge in [-0.15, -0.1) is 0 Å². The van der Waals surface area contributed by atoms with Gasteiger partial charge in [-0.05, 0) is 24.1 Å². The number of carbonyl (C=O) groups excluding carboxylic acids is 1. The first-order chi connectivity index (χ1) is 12.5. The zero-order chi connectivity index (χ0) is 18.6. The maximum Gasteiger partial charge on any atom is 0.253 e. The summed E-state index contributed by atoms with van der Waals surface area (Å²) in [5, 5.41) is 10.9. The van der Waals surface area contributed by atoms with Gasteiger partial charge >= 0.3 is 0 Å². The topological polar surface area (TPSA) is 78.8 Å². The molecule has 0 radical (unpaired) electrons. The molecule has 2 aromatic rings. The average Bonchev–Trinajstić information content (AvgIpc) is 3.04. The largest absolute Gasteiger partial charge is 0.386 e. The molecule has 0 aliphatic carbocycles. The number of hydrogen-bond donors (Lipinski definition) is 1. The molecule has 1 N–H and O–H groups in total. The van der Waals surface area contributed by atoms with Gasteiger partial charge in [-0.2, -0.15) is 0 Å². The Morgan fingerprint density at radius 1 is 1.42 bits per heavy atom. The number of ether oxygens (including phenoxy) is 1. The van der Waals surface area contributed by atoms with Crippen molar-refractivity contribution in [3.05, 3.63) is 54.0 Å². The smallest absolute Gasteiger partial charge is 0.253 e. The summed E-state index contributed by atoms with van der Waals surface area (Å²) in [5.74, 6) is 0.624. The molecular weight excluding hydrogens is 332 g/mol. The summed E-state index contributed by atoms with van der Waals surface area (Å²) in [5.41, 5.74) is 0.570. The SMILES string of the molecule is COCc1cccc(C(=O)N(C)CC2(O)CCN(c3cnccn3)C2)c1. The highest BCUT2D eigenvalue weighted by atomic mass is 16.5. The summed E-state index contributed by atoms with van der Waals surface area (Å²) in [6, 6.07) is 7.37. The Labute approximate surface area is 153 Å². The summed E-state index contributed by atoms with van der Waals surface area (Å²) < 4.78 is 5.12. The van der Waals surface area contributed by atoms with E-state index in [1.807, 2.05) is 23.1 Å². The number of likely N-dealkylation sites (N-methyl/N-ethyl adjacent to an activating group) is 1. The van der Waals surface area contributed by atoms with E-state index in [-0.39, 0.29) is 12.5 Å². The number of carbonyl (C=O) groups is 1. The van der Waals surface area contributed by atoms with E-state index in [0.717, 1.165) is 11.4 Å². The Morgan fingerprint density at radius 2 is 2.27 bits per heavy atom. The third-order valence-corrected chi connectivity index (χ3v) is 4.57. The monoisotopic (exact) mass is 356 g/mol. The van der Waals surface area contributed by atoms with Crippen molar-refractivity contribution >= 4 is 11.7 Å². The number of amides is 1. The Kier molecular flexibility index (Phi) is 5.49. The molecule has 138 valence electrons. The lowest BCUT2D eigenvalue weighted by molar-refractivity contribution is 0.0264. The molecule has 0 bridgehead atoms. The minimum atomic E-state index is -0.966. The standard InChI is InChI=1S/C19H24N4O3/c1-22(18(24)16-5-3-4-15(10-16)12-26-2)13-19(25)6-9-23(14-19)17-11-20-7-8-21-17/h3-5,7-8,10-11,25H,6,9,12-14H2,1-2H3. The molecule has 7 nitrogen and oxygen atoms in total. The average molecular weight is 356 g/mol. The molecule has 7 heteroatoms. The van der Waals surface area contributed by atoms with Gasteiger partial charge in [0.05, 0.1) is 19.3 Å². The molecule has 1 unspecified atom stereocenters. The van der Waals surface area contributed by atoms with Crippen molar-refractivity contribution in [3.63, 3.8) is 0 Å². The van der Waals surface area contributed by atoms with Crippen molar-refractivity contribution in [1.82, 2.24) is 14.9 Å². The summed E-state index contributed by atoms with van der Waals surface area (Å²) >= 11 is 0. The Hall–Kier alpha value is -2.51. The van der Waals surface area contributed by atoms with Crippen LogP contribution in [0.3, 0.4) is 0 Å². The van der Waals surface area contributed by atoms with Crippen LogP contribution in [0.25, 0.3) is 0 Å². The van der Waals surface area contributed by atoms with E-state index in [0.29, 0.717) is 31.7 Å². The third-order valence-electron chi connectivity index (χ3n) is 4.57. The van der Waals surface area contributed by atoms with Crippen molar-refractivity contribution < 1.29 is 14.6 Å². The first-order valence-electron chi connectivity index (χ1n) is 8.57. The molecule has 1 aliphatic rings. The van der Waals surface area contributed by atoms with E-state index >= 15 is 0 Å². The fourth-order valence-corrected chi connectivity index (χ4v) is 3.33. The van der Waals surface area contributed by atoms with Crippen LogP contribution in [0.15, 0.2) is 42.9 Å². The number of nitrogens with zero attached hydrogens (tertiary/aromatic N) is 4. The van der Waals surface area contributed by atoms with Gasteiger partial charge in [0, 0.05) is 45.2 Å². The minimum Gasteiger partial charge on any atom is -0.386 e. The number of rotatable bonds is 6. The quantitative estimate of drug-likeness (QED) is 0.841. The van der Waals surface area contributed by atoms with Crippen molar-refractivity contribution in [2.24, 2.45) is 0 Å². The van der Waals surface area contributed by atoms with Crippen LogP contribution in [-0.4, -0.2) is 65.3 Å². The predicted octanol–water partition coefficient (Wildman–Crippen LogP) is 1.34. The summed E-state index contributed by atoms with van der Waals surface area (Å²) in [6.07, 6.45) is 5.51. The number of benzene rings is 1. The summed E-state index contributed by atoms with van der Waals surface area (Å²) in [4.78, 5) is 24.6. The lowest BCUT2D eigenvalue weighted by Crippen LogP contribution is -2.46. The van der Waals surface area contributed by atoms with Gasteiger partial charge in [0.15, 0.2) is 0 Å². The Bertz CT molecular complexity index is 755. The van der Waals surface area contributed by atoms with E-state index in [4.69, 9.17) is 4.74 Å². The first kappa shape index (κ1) is 18.3. The van der Waals surface area contributed by atoms with Crippen LogP contribution < -0.4 is 4.90 Å². The molecule has 0 spiro atoms. The van der Waals surface area contributed by atoms with Crippen molar-refractivity contribution in [2.75, 3.05) is 38.7 Å². The van der Waals surface area contributed by atoms with Gasteiger partial charge < -0.3 is 19.6 Å². The number of aromatic nitrogens is 2. The number of hydrogen-bond acceptors (Lipinski definition) is 6. The normalized spacial score (nSPS) is 19.6. The van der Waals surface area contributed by atoms with Crippen LogP contribution in [0.1, 0.15) is 22.3 Å². The van der Waals surface area contributed by atoms with Gasteiger partial charge in [0.25, 0.3) is 5.91 Å². The second kappa shape index (κ2) is 7.80. The molecule has 1 fully saturated rings. The Morgan fingerprint density at radius 3 is 3.00 bits per heavy atom.